The predicted molar refractivity (Wildman–Crippen MR) is 107 cm³/mol. The number of halogens is 1. The van der Waals surface area contributed by atoms with Gasteiger partial charge < -0.3 is 20.1 Å². The smallest absolute Gasteiger partial charge is 0.227 e. The largest absolute Gasteiger partial charge is 0.493 e. The molecule has 0 bridgehead atoms. The Kier molecular flexibility index (Phi) is 6.09. The Labute approximate surface area is 169 Å². The van der Waals surface area contributed by atoms with E-state index >= 15 is 0 Å². The van der Waals surface area contributed by atoms with Crippen LogP contribution in [0.2, 0.25) is 5.02 Å². The lowest BCUT2D eigenvalue weighted by Crippen LogP contribution is -2.42. The van der Waals surface area contributed by atoms with E-state index < -0.39 is 11.9 Å². The summed E-state index contributed by atoms with van der Waals surface area (Å²) in [5, 5.41) is 0.621. The quantitative estimate of drug-likeness (QED) is 0.805. The van der Waals surface area contributed by atoms with Gasteiger partial charge in [0.25, 0.3) is 0 Å². The number of hydrogen-bond acceptors (Lipinski definition) is 4. The molecular weight excluding hydrogens is 380 g/mol. The molecule has 1 aliphatic heterocycles. The third-order valence-electron chi connectivity index (χ3n) is 4.99. The first-order chi connectivity index (χ1) is 13.4. The molecule has 2 aromatic carbocycles. The van der Waals surface area contributed by atoms with Gasteiger partial charge >= 0.3 is 0 Å². The highest BCUT2D eigenvalue weighted by Gasteiger charge is 2.33. The van der Waals surface area contributed by atoms with Crippen LogP contribution < -0.4 is 15.2 Å². The van der Waals surface area contributed by atoms with Gasteiger partial charge in [0.15, 0.2) is 11.5 Å². The Morgan fingerprint density at radius 1 is 1.14 bits per heavy atom. The van der Waals surface area contributed by atoms with Crippen molar-refractivity contribution in [1.29, 1.82) is 0 Å². The number of fused-ring (bicyclic) bond motifs is 1. The Balaban J connectivity index is 1.92. The molecule has 3 rings (SSSR count). The van der Waals surface area contributed by atoms with E-state index in [0.29, 0.717) is 29.5 Å². The molecule has 1 heterocycles. The maximum atomic E-state index is 13.0. The van der Waals surface area contributed by atoms with E-state index in [9.17, 15) is 9.59 Å². The molecule has 148 valence electrons. The van der Waals surface area contributed by atoms with Crippen molar-refractivity contribution in [2.75, 3.05) is 20.8 Å². The number of methoxy groups -OCH3 is 2. The first-order valence-corrected chi connectivity index (χ1v) is 9.37. The Bertz CT molecular complexity index is 883. The summed E-state index contributed by atoms with van der Waals surface area (Å²) in [6.07, 6.45) is 0.946. The zero-order chi connectivity index (χ0) is 20.3. The number of ether oxygens (including phenoxy) is 2. The Morgan fingerprint density at radius 2 is 1.79 bits per heavy atom. The van der Waals surface area contributed by atoms with Gasteiger partial charge in [-0.05, 0) is 47.4 Å². The number of primary amides is 1. The number of amides is 2. The van der Waals surface area contributed by atoms with Crippen molar-refractivity contribution in [3.8, 4) is 11.5 Å². The summed E-state index contributed by atoms with van der Waals surface area (Å²) in [5.74, 6) is 0.661. The molecule has 2 aromatic rings. The minimum absolute atomic E-state index is 0.0504. The summed E-state index contributed by atoms with van der Waals surface area (Å²) in [6.45, 7) is 0.507. The fourth-order valence-corrected chi connectivity index (χ4v) is 3.74. The molecule has 2 N–H and O–H groups in total. The predicted octanol–water partition coefficient (Wildman–Crippen LogP) is 2.90. The first-order valence-electron chi connectivity index (χ1n) is 9.00. The highest BCUT2D eigenvalue weighted by atomic mass is 35.5. The zero-order valence-corrected chi connectivity index (χ0v) is 16.7. The zero-order valence-electron chi connectivity index (χ0n) is 15.9. The maximum absolute atomic E-state index is 13.0. The standard InChI is InChI=1S/C21H23ClN2O4/c1-27-18-10-14-7-8-24(21(26)9-13-3-5-15(22)6-4-13)17(12-20(23)25)16(14)11-19(18)28-2/h3-6,10-11,17H,7-9,12H2,1-2H3,(H2,23,25). The monoisotopic (exact) mass is 402 g/mol. The van der Waals surface area contributed by atoms with Crippen LogP contribution in [0.25, 0.3) is 0 Å². The summed E-state index contributed by atoms with van der Waals surface area (Å²) in [4.78, 5) is 26.5. The van der Waals surface area contributed by atoms with Crippen LogP contribution >= 0.6 is 11.6 Å². The molecule has 0 saturated heterocycles. The van der Waals surface area contributed by atoms with E-state index in [1.54, 1.807) is 31.3 Å². The van der Waals surface area contributed by atoms with Crippen LogP contribution in [0.4, 0.5) is 0 Å². The summed E-state index contributed by atoms with van der Waals surface area (Å²) < 4.78 is 10.8. The van der Waals surface area contributed by atoms with Gasteiger partial charge in [-0.15, -0.1) is 0 Å². The van der Waals surface area contributed by atoms with Crippen molar-refractivity contribution in [3.05, 3.63) is 58.1 Å². The molecule has 6 nitrogen and oxygen atoms in total. The van der Waals surface area contributed by atoms with Crippen molar-refractivity contribution in [1.82, 2.24) is 4.90 Å². The average molecular weight is 403 g/mol. The van der Waals surface area contributed by atoms with E-state index in [4.69, 9.17) is 26.8 Å². The second-order valence-electron chi connectivity index (χ2n) is 6.73. The third-order valence-corrected chi connectivity index (χ3v) is 5.24. The number of nitrogens with two attached hydrogens (primary N) is 1. The summed E-state index contributed by atoms with van der Waals surface area (Å²) >= 11 is 5.92. The van der Waals surface area contributed by atoms with Crippen LogP contribution in [0, 0.1) is 0 Å². The van der Waals surface area contributed by atoms with Crippen molar-refractivity contribution in [2.45, 2.75) is 25.3 Å². The Morgan fingerprint density at radius 3 is 2.39 bits per heavy atom. The molecular formula is C21H23ClN2O4. The average Bonchev–Trinajstić information content (AvgIpc) is 2.68. The van der Waals surface area contributed by atoms with Gasteiger partial charge in [0, 0.05) is 11.6 Å². The van der Waals surface area contributed by atoms with Crippen LogP contribution in [0.5, 0.6) is 11.5 Å². The number of benzene rings is 2. The van der Waals surface area contributed by atoms with E-state index in [0.717, 1.165) is 16.7 Å². The molecule has 0 spiro atoms. The first kappa shape index (κ1) is 20.0. The normalized spacial score (nSPS) is 15.7. The van der Waals surface area contributed by atoms with Gasteiger partial charge in [0.2, 0.25) is 11.8 Å². The van der Waals surface area contributed by atoms with E-state index in [1.807, 2.05) is 24.3 Å². The number of hydrogen-bond donors (Lipinski definition) is 1. The highest BCUT2D eigenvalue weighted by Crippen LogP contribution is 2.39. The molecule has 28 heavy (non-hydrogen) atoms. The van der Waals surface area contributed by atoms with Gasteiger partial charge in [0.05, 0.1) is 33.1 Å². The van der Waals surface area contributed by atoms with Crippen LogP contribution in [-0.4, -0.2) is 37.5 Å². The van der Waals surface area contributed by atoms with E-state index in [1.165, 1.54) is 0 Å². The molecule has 0 aromatic heterocycles. The maximum Gasteiger partial charge on any atom is 0.227 e. The topological polar surface area (TPSA) is 81.9 Å². The minimum atomic E-state index is -0.461. The molecule has 0 fully saturated rings. The molecule has 1 unspecified atom stereocenters. The number of carbonyl (C=O) groups is 2. The molecule has 7 heteroatoms. The lowest BCUT2D eigenvalue weighted by Gasteiger charge is -2.37. The van der Waals surface area contributed by atoms with Crippen LogP contribution in [0.3, 0.4) is 0 Å². The van der Waals surface area contributed by atoms with Gasteiger partial charge in [-0.3, -0.25) is 9.59 Å². The SMILES string of the molecule is COc1cc2c(cc1OC)C(CC(N)=O)N(C(=O)Cc1ccc(Cl)cc1)CC2. The van der Waals surface area contributed by atoms with Gasteiger partial charge in [0.1, 0.15) is 0 Å². The second-order valence-corrected chi connectivity index (χ2v) is 7.17. The van der Waals surface area contributed by atoms with Crippen molar-refractivity contribution < 1.29 is 19.1 Å². The van der Waals surface area contributed by atoms with Crippen LogP contribution in [-0.2, 0) is 22.4 Å². The fraction of sp³-hybridized carbons (Fsp3) is 0.333. The van der Waals surface area contributed by atoms with Crippen molar-refractivity contribution in [2.24, 2.45) is 5.73 Å². The summed E-state index contributed by atoms with van der Waals surface area (Å²) in [7, 11) is 3.13. The van der Waals surface area contributed by atoms with Gasteiger partial charge in [-0.1, -0.05) is 23.7 Å². The molecule has 0 radical (unpaired) electrons. The minimum Gasteiger partial charge on any atom is -0.493 e. The number of nitrogens with zero attached hydrogens (tertiary/aromatic N) is 1. The van der Waals surface area contributed by atoms with Crippen molar-refractivity contribution in [3.63, 3.8) is 0 Å². The van der Waals surface area contributed by atoms with E-state index in [-0.39, 0.29) is 18.7 Å². The van der Waals surface area contributed by atoms with E-state index in [2.05, 4.69) is 0 Å². The van der Waals surface area contributed by atoms with Crippen LogP contribution in [0.15, 0.2) is 36.4 Å². The third kappa shape index (κ3) is 4.22. The lowest BCUT2D eigenvalue weighted by atomic mass is 9.89. The Hall–Kier alpha value is -2.73. The molecule has 1 atom stereocenters. The fourth-order valence-electron chi connectivity index (χ4n) is 3.62. The van der Waals surface area contributed by atoms with Crippen LogP contribution in [0.1, 0.15) is 29.2 Å². The summed E-state index contributed by atoms with van der Waals surface area (Å²) in [6, 6.07) is 10.5. The van der Waals surface area contributed by atoms with Gasteiger partial charge in [-0.2, -0.15) is 0 Å². The lowest BCUT2D eigenvalue weighted by molar-refractivity contribution is -0.134. The molecule has 0 aliphatic carbocycles. The molecule has 0 saturated carbocycles. The number of rotatable bonds is 6. The van der Waals surface area contributed by atoms with Gasteiger partial charge in [-0.25, -0.2) is 0 Å². The second kappa shape index (κ2) is 8.52. The van der Waals surface area contributed by atoms with Crippen molar-refractivity contribution >= 4 is 23.4 Å². The highest BCUT2D eigenvalue weighted by molar-refractivity contribution is 6.30. The number of carbonyl (C=O) groups excluding carboxylic acids is 2. The summed E-state index contributed by atoms with van der Waals surface area (Å²) in [5.41, 5.74) is 8.25. The molecule has 2 amide bonds. The molecule has 1 aliphatic rings.